The zero-order chi connectivity index (χ0) is 15.1. The molecule has 0 bridgehead atoms. The lowest BCUT2D eigenvalue weighted by atomic mass is 10.0. The summed E-state index contributed by atoms with van der Waals surface area (Å²) in [5.41, 5.74) is 4.22. The van der Waals surface area contributed by atoms with E-state index in [9.17, 15) is 0 Å². The minimum absolute atomic E-state index is 0.282. The molecule has 0 aliphatic carbocycles. The Labute approximate surface area is 128 Å². The van der Waals surface area contributed by atoms with Crippen LogP contribution in [-0.2, 0) is 0 Å². The average Bonchev–Trinajstić information content (AvgIpc) is 3.12. The molecule has 0 N–H and O–H groups in total. The molecule has 0 unspecified atom stereocenters. The topological polar surface area (TPSA) is 31.6 Å². The molecule has 3 nitrogen and oxygen atoms in total. The van der Waals surface area contributed by atoms with Gasteiger partial charge in [0.2, 0.25) is 6.79 Å². The highest BCUT2D eigenvalue weighted by atomic mass is 16.7. The first-order chi connectivity index (χ1) is 10.8. The van der Waals surface area contributed by atoms with Crippen LogP contribution in [0.3, 0.4) is 0 Å². The Hall–Kier alpha value is -2.68. The van der Waals surface area contributed by atoms with Gasteiger partial charge in [-0.1, -0.05) is 18.2 Å². The second kappa shape index (κ2) is 4.95. The molecule has 0 amide bonds. The summed E-state index contributed by atoms with van der Waals surface area (Å²) in [6, 6.07) is 12.1. The van der Waals surface area contributed by atoms with Crippen LogP contribution in [0.2, 0.25) is 0 Å². The van der Waals surface area contributed by atoms with Gasteiger partial charge < -0.3 is 13.9 Å². The van der Waals surface area contributed by atoms with E-state index in [0.29, 0.717) is 0 Å². The van der Waals surface area contributed by atoms with Crippen molar-refractivity contribution in [1.29, 1.82) is 0 Å². The van der Waals surface area contributed by atoms with Crippen molar-refractivity contribution >= 4 is 17.0 Å². The molecule has 3 aromatic rings. The van der Waals surface area contributed by atoms with Gasteiger partial charge in [-0.2, -0.15) is 0 Å². The minimum Gasteiger partial charge on any atom is -0.456 e. The van der Waals surface area contributed by atoms with Gasteiger partial charge in [-0.3, -0.25) is 0 Å². The number of furan rings is 1. The van der Waals surface area contributed by atoms with Crippen LogP contribution in [0.25, 0.3) is 28.4 Å². The number of fused-ring (bicyclic) bond motifs is 2. The Morgan fingerprint density at radius 2 is 1.86 bits per heavy atom. The standard InChI is InChI=1S/C19H16O3/c1-3-4-13-5-7-16-15(9-13)12(2)19(22-16)14-6-8-17-18(10-14)21-11-20-17/h3-10H,11H2,1-2H3/b4-3+. The van der Waals surface area contributed by atoms with Crippen LogP contribution in [0.4, 0.5) is 0 Å². The zero-order valence-electron chi connectivity index (χ0n) is 12.6. The maximum absolute atomic E-state index is 6.06. The summed E-state index contributed by atoms with van der Waals surface area (Å²) in [4.78, 5) is 0. The molecule has 3 heteroatoms. The fourth-order valence-electron chi connectivity index (χ4n) is 2.85. The summed E-state index contributed by atoms with van der Waals surface area (Å²) in [6.45, 7) is 4.39. The zero-order valence-corrected chi connectivity index (χ0v) is 12.6. The average molecular weight is 292 g/mol. The van der Waals surface area contributed by atoms with Gasteiger partial charge in [0.05, 0.1) is 0 Å². The largest absolute Gasteiger partial charge is 0.456 e. The van der Waals surface area contributed by atoms with Gasteiger partial charge >= 0.3 is 0 Å². The summed E-state index contributed by atoms with van der Waals surface area (Å²) in [5, 5.41) is 1.14. The van der Waals surface area contributed by atoms with Crippen molar-refractivity contribution < 1.29 is 13.9 Å². The van der Waals surface area contributed by atoms with Crippen LogP contribution >= 0.6 is 0 Å². The summed E-state index contributed by atoms with van der Waals surface area (Å²) in [5.74, 6) is 2.44. The van der Waals surface area contributed by atoms with E-state index in [1.807, 2.05) is 37.3 Å². The molecule has 0 spiro atoms. The lowest BCUT2D eigenvalue weighted by Gasteiger charge is -2.01. The van der Waals surface area contributed by atoms with E-state index >= 15 is 0 Å². The van der Waals surface area contributed by atoms with E-state index in [-0.39, 0.29) is 6.79 Å². The third-order valence-corrected chi connectivity index (χ3v) is 3.95. The highest BCUT2D eigenvalue weighted by Crippen LogP contribution is 2.39. The first kappa shape index (κ1) is 13.0. The van der Waals surface area contributed by atoms with Crippen LogP contribution in [-0.4, -0.2) is 6.79 Å². The molecule has 1 aliphatic rings. The third kappa shape index (κ3) is 1.98. The van der Waals surface area contributed by atoms with E-state index in [1.165, 1.54) is 5.56 Å². The van der Waals surface area contributed by atoms with Crippen LogP contribution in [0, 0.1) is 6.92 Å². The van der Waals surface area contributed by atoms with Crippen molar-refractivity contribution in [3.05, 3.63) is 53.6 Å². The molecule has 0 radical (unpaired) electrons. The maximum Gasteiger partial charge on any atom is 0.231 e. The molecule has 0 atom stereocenters. The predicted octanol–water partition coefficient (Wildman–Crippen LogP) is 5.17. The van der Waals surface area contributed by atoms with Crippen molar-refractivity contribution in [3.63, 3.8) is 0 Å². The molecular formula is C19H16O3. The number of hydrogen-bond acceptors (Lipinski definition) is 3. The van der Waals surface area contributed by atoms with Gasteiger partial charge in [-0.15, -0.1) is 0 Å². The maximum atomic E-state index is 6.06. The van der Waals surface area contributed by atoms with Crippen molar-refractivity contribution in [2.45, 2.75) is 13.8 Å². The summed E-state index contributed by atoms with van der Waals surface area (Å²) < 4.78 is 16.9. The SMILES string of the molecule is C/C=C/c1ccc2oc(-c3ccc4c(c3)OCO4)c(C)c2c1. The van der Waals surface area contributed by atoms with Crippen molar-refractivity contribution in [3.8, 4) is 22.8 Å². The Balaban J connectivity index is 1.86. The number of hydrogen-bond donors (Lipinski definition) is 0. The number of rotatable bonds is 2. The number of allylic oxidation sites excluding steroid dienone is 1. The molecule has 2 heterocycles. The Morgan fingerprint density at radius 1 is 1.00 bits per heavy atom. The van der Waals surface area contributed by atoms with Crippen molar-refractivity contribution in [2.75, 3.05) is 6.79 Å². The molecule has 0 saturated carbocycles. The fourth-order valence-corrected chi connectivity index (χ4v) is 2.85. The van der Waals surface area contributed by atoms with Crippen LogP contribution < -0.4 is 9.47 Å². The lowest BCUT2D eigenvalue weighted by molar-refractivity contribution is 0.174. The minimum atomic E-state index is 0.282. The molecule has 0 saturated heterocycles. The normalized spacial score (nSPS) is 13.4. The summed E-state index contributed by atoms with van der Waals surface area (Å²) >= 11 is 0. The first-order valence-electron chi connectivity index (χ1n) is 7.32. The van der Waals surface area contributed by atoms with E-state index in [0.717, 1.165) is 39.4 Å². The third-order valence-electron chi connectivity index (χ3n) is 3.95. The Bertz CT molecular complexity index is 887. The monoisotopic (exact) mass is 292 g/mol. The molecule has 1 aliphatic heterocycles. The van der Waals surface area contributed by atoms with Crippen LogP contribution in [0.1, 0.15) is 18.1 Å². The van der Waals surface area contributed by atoms with Gasteiger partial charge in [0.25, 0.3) is 0 Å². The molecule has 4 rings (SSSR count). The number of benzene rings is 2. The molecule has 110 valence electrons. The van der Waals surface area contributed by atoms with Gasteiger partial charge in [-0.25, -0.2) is 0 Å². The molecule has 2 aromatic carbocycles. The Kier molecular flexibility index (Phi) is 2.93. The summed E-state index contributed by atoms with van der Waals surface area (Å²) in [6.07, 6.45) is 4.13. The molecular weight excluding hydrogens is 276 g/mol. The van der Waals surface area contributed by atoms with Crippen LogP contribution in [0.5, 0.6) is 11.5 Å². The van der Waals surface area contributed by atoms with Gasteiger partial charge in [-0.05, 0) is 49.7 Å². The highest BCUT2D eigenvalue weighted by Gasteiger charge is 2.18. The van der Waals surface area contributed by atoms with E-state index < -0.39 is 0 Å². The Morgan fingerprint density at radius 3 is 2.73 bits per heavy atom. The second-order valence-corrected chi connectivity index (χ2v) is 5.38. The fraction of sp³-hybridized carbons (Fsp3) is 0.158. The molecule has 0 fully saturated rings. The highest BCUT2D eigenvalue weighted by molar-refractivity contribution is 5.89. The van der Waals surface area contributed by atoms with Gasteiger partial charge in [0.1, 0.15) is 11.3 Å². The van der Waals surface area contributed by atoms with Gasteiger partial charge in [0.15, 0.2) is 11.5 Å². The smallest absolute Gasteiger partial charge is 0.231 e. The van der Waals surface area contributed by atoms with Crippen LogP contribution in [0.15, 0.2) is 46.9 Å². The van der Waals surface area contributed by atoms with E-state index in [1.54, 1.807) is 0 Å². The lowest BCUT2D eigenvalue weighted by Crippen LogP contribution is -1.92. The van der Waals surface area contributed by atoms with E-state index in [4.69, 9.17) is 13.9 Å². The van der Waals surface area contributed by atoms with Gasteiger partial charge in [0, 0.05) is 16.5 Å². The van der Waals surface area contributed by atoms with Crippen molar-refractivity contribution in [2.24, 2.45) is 0 Å². The van der Waals surface area contributed by atoms with E-state index in [2.05, 4.69) is 25.1 Å². The second-order valence-electron chi connectivity index (χ2n) is 5.38. The summed E-state index contributed by atoms with van der Waals surface area (Å²) in [7, 11) is 0. The predicted molar refractivity (Wildman–Crippen MR) is 87.2 cm³/mol. The van der Waals surface area contributed by atoms with Crippen molar-refractivity contribution in [1.82, 2.24) is 0 Å². The molecule has 1 aromatic heterocycles. The number of ether oxygens (including phenoxy) is 2. The number of aryl methyl sites for hydroxylation is 1. The molecule has 22 heavy (non-hydrogen) atoms. The first-order valence-corrected chi connectivity index (χ1v) is 7.32. The quantitative estimate of drug-likeness (QED) is 0.653.